The van der Waals surface area contributed by atoms with Gasteiger partial charge in [0.25, 0.3) is 5.91 Å². The number of amides is 1. The van der Waals surface area contributed by atoms with Gasteiger partial charge < -0.3 is 9.73 Å². The standard InChI is InChI=1S/C21H14BrClN4O2S/c22-15-7-3-14(4-8-15)19(28)26-20-18(13-5-9-16(23)10-6-13)25-21(30-20)27-24-12-17-2-1-11-29-17/h1-12H,(H,25,27)(H,26,28)/b24-12-. The molecule has 6 nitrogen and oxygen atoms in total. The van der Waals surface area contributed by atoms with E-state index in [2.05, 4.69) is 36.8 Å². The number of carbonyl (C=O) groups is 1. The molecule has 0 aliphatic rings. The Morgan fingerprint density at radius 1 is 1.13 bits per heavy atom. The fourth-order valence-corrected chi connectivity index (χ4v) is 3.77. The van der Waals surface area contributed by atoms with Gasteiger partial charge in [0.2, 0.25) is 5.13 Å². The second-order valence-corrected chi connectivity index (χ2v) is 8.40. The van der Waals surface area contributed by atoms with Crippen LogP contribution in [-0.2, 0) is 0 Å². The lowest BCUT2D eigenvalue weighted by atomic mass is 10.1. The first-order valence-corrected chi connectivity index (χ1v) is 10.7. The maximum Gasteiger partial charge on any atom is 0.256 e. The number of nitrogens with zero attached hydrogens (tertiary/aromatic N) is 2. The van der Waals surface area contributed by atoms with Gasteiger partial charge in [-0.05, 0) is 48.5 Å². The number of hydrogen-bond donors (Lipinski definition) is 2. The number of carbonyl (C=O) groups excluding carboxylic acids is 1. The Bertz CT molecular complexity index is 1170. The molecule has 2 aromatic heterocycles. The van der Waals surface area contributed by atoms with Crippen molar-refractivity contribution in [3.63, 3.8) is 0 Å². The number of hydrogen-bond acceptors (Lipinski definition) is 6. The van der Waals surface area contributed by atoms with E-state index in [1.165, 1.54) is 11.3 Å². The lowest BCUT2D eigenvalue weighted by Crippen LogP contribution is -2.11. The number of anilines is 2. The Balaban J connectivity index is 1.61. The predicted octanol–water partition coefficient (Wildman–Crippen LogP) is 6.52. The molecule has 0 saturated carbocycles. The summed E-state index contributed by atoms with van der Waals surface area (Å²) in [4.78, 5) is 17.3. The van der Waals surface area contributed by atoms with Crippen LogP contribution < -0.4 is 10.7 Å². The van der Waals surface area contributed by atoms with E-state index in [0.29, 0.717) is 32.2 Å². The van der Waals surface area contributed by atoms with E-state index in [1.54, 1.807) is 48.9 Å². The van der Waals surface area contributed by atoms with E-state index in [1.807, 2.05) is 24.3 Å². The molecule has 4 rings (SSSR count). The Hall–Kier alpha value is -2.94. The van der Waals surface area contributed by atoms with Gasteiger partial charge in [0, 0.05) is 20.6 Å². The first-order chi connectivity index (χ1) is 14.6. The maximum absolute atomic E-state index is 12.7. The molecule has 0 atom stereocenters. The zero-order valence-corrected chi connectivity index (χ0v) is 18.5. The summed E-state index contributed by atoms with van der Waals surface area (Å²) in [5.41, 5.74) is 4.87. The molecule has 0 unspecified atom stereocenters. The number of furan rings is 1. The number of nitrogens with one attached hydrogen (secondary N) is 2. The third kappa shape index (κ3) is 4.96. The molecule has 150 valence electrons. The average Bonchev–Trinajstić information content (AvgIpc) is 3.39. The largest absolute Gasteiger partial charge is 0.463 e. The van der Waals surface area contributed by atoms with Crippen molar-refractivity contribution in [2.45, 2.75) is 0 Å². The zero-order chi connectivity index (χ0) is 20.9. The van der Waals surface area contributed by atoms with Gasteiger partial charge in [0.1, 0.15) is 16.5 Å². The van der Waals surface area contributed by atoms with Crippen molar-refractivity contribution in [2.24, 2.45) is 5.10 Å². The summed E-state index contributed by atoms with van der Waals surface area (Å²) < 4.78 is 6.11. The molecule has 2 aromatic carbocycles. The van der Waals surface area contributed by atoms with Crippen LogP contribution in [0.15, 0.2) is 80.9 Å². The number of benzene rings is 2. The molecule has 2 heterocycles. The van der Waals surface area contributed by atoms with Gasteiger partial charge in [-0.25, -0.2) is 4.98 Å². The number of thiazole rings is 1. The Morgan fingerprint density at radius 3 is 2.60 bits per heavy atom. The third-order valence-electron chi connectivity index (χ3n) is 3.97. The Labute approximate surface area is 189 Å². The lowest BCUT2D eigenvalue weighted by Gasteiger charge is -2.06. The molecular weight excluding hydrogens is 488 g/mol. The van der Waals surface area contributed by atoms with Gasteiger partial charge in [-0.1, -0.05) is 51.0 Å². The molecule has 0 radical (unpaired) electrons. The van der Waals surface area contributed by atoms with E-state index in [9.17, 15) is 4.79 Å². The average molecular weight is 502 g/mol. The minimum Gasteiger partial charge on any atom is -0.463 e. The number of hydrazone groups is 1. The van der Waals surface area contributed by atoms with Crippen molar-refractivity contribution in [2.75, 3.05) is 10.7 Å². The fraction of sp³-hybridized carbons (Fsp3) is 0. The topological polar surface area (TPSA) is 79.5 Å². The van der Waals surface area contributed by atoms with Crippen LogP contribution in [0.1, 0.15) is 16.1 Å². The highest BCUT2D eigenvalue weighted by Crippen LogP contribution is 2.36. The smallest absolute Gasteiger partial charge is 0.256 e. The van der Waals surface area contributed by atoms with Crippen LogP contribution in [0.4, 0.5) is 10.1 Å². The summed E-state index contributed by atoms with van der Waals surface area (Å²) in [7, 11) is 0. The molecule has 0 spiro atoms. The first-order valence-electron chi connectivity index (χ1n) is 8.75. The fourth-order valence-electron chi connectivity index (χ4n) is 2.55. The van der Waals surface area contributed by atoms with Crippen molar-refractivity contribution >= 4 is 61.1 Å². The molecule has 2 N–H and O–H groups in total. The van der Waals surface area contributed by atoms with Crippen LogP contribution in [0.25, 0.3) is 11.3 Å². The number of rotatable bonds is 6. The summed E-state index contributed by atoms with van der Waals surface area (Å²) in [6, 6.07) is 17.9. The van der Waals surface area contributed by atoms with E-state index < -0.39 is 0 Å². The van der Waals surface area contributed by atoms with Crippen LogP contribution >= 0.6 is 38.9 Å². The number of aromatic nitrogens is 1. The highest BCUT2D eigenvalue weighted by atomic mass is 79.9. The van der Waals surface area contributed by atoms with Crippen LogP contribution in [0, 0.1) is 0 Å². The molecule has 9 heteroatoms. The van der Waals surface area contributed by atoms with Gasteiger partial charge in [0.15, 0.2) is 0 Å². The first kappa shape index (κ1) is 20.3. The lowest BCUT2D eigenvalue weighted by molar-refractivity contribution is 0.102. The van der Waals surface area contributed by atoms with Crippen molar-refractivity contribution in [3.8, 4) is 11.3 Å². The summed E-state index contributed by atoms with van der Waals surface area (Å²) >= 11 is 10.7. The van der Waals surface area contributed by atoms with Crippen molar-refractivity contribution < 1.29 is 9.21 Å². The quantitative estimate of drug-likeness (QED) is 0.233. The van der Waals surface area contributed by atoms with E-state index in [4.69, 9.17) is 16.0 Å². The molecule has 0 aliphatic carbocycles. The van der Waals surface area contributed by atoms with E-state index in [-0.39, 0.29) is 5.91 Å². The van der Waals surface area contributed by atoms with Gasteiger partial charge in [-0.15, -0.1) is 0 Å². The highest BCUT2D eigenvalue weighted by Gasteiger charge is 2.16. The summed E-state index contributed by atoms with van der Waals surface area (Å²) in [5, 5.41) is 8.82. The van der Waals surface area contributed by atoms with E-state index >= 15 is 0 Å². The maximum atomic E-state index is 12.7. The monoisotopic (exact) mass is 500 g/mol. The summed E-state index contributed by atoms with van der Waals surface area (Å²) in [6.45, 7) is 0. The molecule has 0 saturated heterocycles. The van der Waals surface area contributed by atoms with Crippen LogP contribution in [0.3, 0.4) is 0 Å². The minimum atomic E-state index is -0.230. The zero-order valence-electron chi connectivity index (χ0n) is 15.3. The Kier molecular flexibility index (Phi) is 6.27. The van der Waals surface area contributed by atoms with Crippen molar-refractivity contribution in [1.82, 2.24) is 4.98 Å². The van der Waals surface area contributed by atoms with Gasteiger partial charge in [0.05, 0.1) is 12.5 Å². The second-order valence-electron chi connectivity index (χ2n) is 6.05. The summed E-state index contributed by atoms with van der Waals surface area (Å²) in [6.07, 6.45) is 3.11. The molecule has 1 amide bonds. The van der Waals surface area contributed by atoms with Crippen LogP contribution in [-0.4, -0.2) is 17.1 Å². The highest BCUT2D eigenvalue weighted by molar-refractivity contribution is 9.10. The molecule has 30 heavy (non-hydrogen) atoms. The molecular formula is C21H14BrClN4O2S. The van der Waals surface area contributed by atoms with E-state index in [0.717, 1.165) is 10.0 Å². The normalized spacial score (nSPS) is 11.0. The van der Waals surface area contributed by atoms with Gasteiger partial charge >= 0.3 is 0 Å². The van der Waals surface area contributed by atoms with Crippen molar-refractivity contribution in [1.29, 1.82) is 0 Å². The molecule has 0 fully saturated rings. The predicted molar refractivity (Wildman–Crippen MR) is 125 cm³/mol. The number of halogens is 2. The second kappa shape index (κ2) is 9.25. The summed E-state index contributed by atoms with van der Waals surface area (Å²) in [5.74, 6) is 0.382. The minimum absolute atomic E-state index is 0.230. The van der Waals surface area contributed by atoms with Crippen molar-refractivity contribution in [3.05, 3.63) is 87.7 Å². The Morgan fingerprint density at radius 2 is 1.90 bits per heavy atom. The van der Waals surface area contributed by atoms with Crippen LogP contribution in [0.2, 0.25) is 5.02 Å². The van der Waals surface area contributed by atoms with Gasteiger partial charge in [-0.3, -0.25) is 10.2 Å². The van der Waals surface area contributed by atoms with Crippen LogP contribution in [0.5, 0.6) is 0 Å². The SMILES string of the molecule is O=C(Nc1sc(N/N=C\c2ccco2)nc1-c1ccc(Cl)cc1)c1ccc(Br)cc1. The molecule has 0 bridgehead atoms. The van der Waals surface area contributed by atoms with Gasteiger partial charge in [-0.2, -0.15) is 5.10 Å². The third-order valence-corrected chi connectivity index (χ3v) is 5.63. The molecule has 0 aliphatic heterocycles. The molecule has 4 aromatic rings.